The predicted octanol–water partition coefficient (Wildman–Crippen LogP) is 2.33. The van der Waals surface area contributed by atoms with Crippen LogP contribution in [0.2, 0.25) is 0 Å². The zero-order valence-electron chi connectivity index (χ0n) is 9.32. The molecule has 0 fully saturated rings. The minimum atomic E-state index is -3.49. The number of benzene rings is 1. The van der Waals surface area contributed by atoms with Crippen LogP contribution in [-0.2, 0) is 9.84 Å². The SMILES string of the molecule is Cc1ccc(C(=O)C(C)(Br)S(C)(=O)=O)cc1. The van der Waals surface area contributed by atoms with E-state index in [1.807, 2.05) is 6.92 Å². The van der Waals surface area contributed by atoms with Gasteiger partial charge in [0.2, 0.25) is 0 Å². The van der Waals surface area contributed by atoms with Crippen LogP contribution in [0.25, 0.3) is 0 Å². The van der Waals surface area contributed by atoms with E-state index >= 15 is 0 Å². The van der Waals surface area contributed by atoms with Crippen LogP contribution in [0.1, 0.15) is 22.8 Å². The summed E-state index contributed by atoms with van der Waals surface area (Å²) in [6.45, 7) is 3.25. The first-order chi connectivity index (χ1) is 7.16. The van der Waals surface area contributed by atoms with Gasteiger partial charge in [-0.3, -0.25) is 4.79 Å². The van der Waals surface area contributed by atoms with Gasteiger partial charge in [-0.15, -0.1) is 0 Å². The minimum Gasteiger partial charge on any atom is -0.291 e. The van der Waals surface area contributed by atoms with Gasteiger partial charge in [0.05, 0.1) is 0 Å². The van der Waals surface area contributed by atoms with Crippen molar-refractivity contribution in [3.05, 3.63) is 35.4 Å². The highest BCUT2D eigenvalue weighted by atomic mass is 79.9. The first-order valence-corrected chi connectivity index (χ1v) is 7.34. The van der Waals surface area contributed by atoms with Gasteiger partial charge < -0.3 is 0 Å². The molecule has 1 unspecified atom stereocenters. The second kappa shape index (κ2) is 4.30. The molecule has 0 bridgehead atoms. The summed E-state index contributed by atoms with van der Waals surface area (Å²) in [5, 5.41) is 0. The third-order valence-corrected chi connectivity index (χ3v) is 6.12. The van der Waals surface area contributed by atoms with Gasteiger partial charge in [0.25, 0.3) is 0 Å². The van der Waals surface area contributed by atoms with E-state index in [-0.39, 0.29) is 0 Å². The smallest absolute Gasteiger partial charge is 0.194 e. The summed E-state index contributed by atoms with van der Waals surface area (Å²) < 4.78 is 21.4. The summed E-state index contributed by atoms with van der Waals surface area (Å²) >= 11 is 2.99. The Labute approximate surface area is 104 Å². The van der Waals surface area contributed by atoms with Gasteiger partial charge in [0.15, 0.2) is 19.3 Å². The number of halogens is 1. The Balaban J connectivity index is 3.18. The molecule has 0 spiro atoms. The first-order valence-electron chi connectivity index (χ1n) is 4.66. The molecule has 1 aromatic rings. The summed E-state index contributed by atoms with van der Waals surface area (Å²) in [7, 11) is -3.49. The Kier molecular flexibility index (Phi) is 3.59. The van der Waals surface area contributed by atoms with Crippen molar-refractivity contribution in [2.24, 2.45) is 0 Å². The molecule has 0 aromatic heterocycles. The van der Waals surface area contributed by atoms with Crippen molar-refractivity contribution in [3.8, 4) is 0 Å². The van der Waals surface area contributed by atoms with E-state index in [1.54, 1.807) is 24.3 Å². The number of ketones is 1. The number of aryl methyl sites for hydroxylation is 1. The third kappa shape index (κ3) is 2.52. The van der Waals surface area contributed by atoms with Crippen molar-refractivity contribution >= 4 is 31.6 Å². The van der Waals surface area contributed by atoms with E-state index in [2.05, 4.69) is 15.9 Å². The van der Waals surface area contributed by atoms with Crippen LogP contribution in [-0.4, -0.2) is 24.1 Å². The fraction of sp³-hybridized carbons (Fsp3) is 0.364. The number of hydrogen-bond donors (Lipinski definition) is 0. The molecule has 3 nitrogen and oxygen atoms in total. The van der Waals surface area contributed by atoms with Crippen molar-refractivity contribution in [2.75, 3.05) is 6.26 Å². The lowest BCUT2D eigenvalue weighted by Gasteiger charge is -2.18. The van der Waals surface area contributed by atoms with Gasteiger partial charge in [-0.25, -0.2) is 8.42 Å². The van der Waals surface area contributed by atoms with Gasteiger partial charge >= 0.3 is 0 Å². The van der Waals surface area contributed by atoms with Crippen LogP contribution in [0.15, 0.2) is 24.3 Å². The van der Waals surface area contributed by atoms with Gasteiger partial charge in [0.1, 0.15) is 0 Å². The van der Waals surface area contributed by atoms with Crippen molar-refractivity contribution in [2.45, 2.75) is 17.5 Å². The molecule has 0 aliphatic heterocycles. The van der Waals surface area contributed by atoms with E-state index in [9.17, 15) is 13.2 Å². The van der Waals surface area contributed by atoms with Crippen molar-refractivity contribution in [1.29, 1.82) is 0 Å². The topological polar surface area (TPSA) is 51.2 Å². The number of rotatable bonds is 3. The fourth-order valence-electron chi connectivity index (χ4n) is 1.13. The van der Waals surface area contributed by atoms with E-state index in [4.69, 9.17) is 0 Å². The Morgan fingerprint density at radius 2 is 1.69 bits per heavy atom. The summed E-state index contributed by atoms with van der Waals surface area (Å²) in [6.07, 6.45) is 1.04. The molecule has 0 aliphatic carbocycles. The van der Waals surface area contributed by atoms with E-state index in [0.717, 1.165) is 11.8 Å². The number of carbonyl (C=O) groups excluding carboxylic acids is 1. The first kappa shape index (κ1) is 13.4. The average Bonchev–Trinajstić information content (AvgIpc) is 2.16. The number of carbonyl (C=O) groups is 1. The number of alkyl halides is 1. The average molecular weight is 305 g/mol. The molecule has 0 saturated carbocycles. The lowest BCUT2D eigenvalue weighted by molar-refractivity contribution is 0.0983. The monoisotopic (exact) mass is 304 g/mol. The predicted molar refractivity (Wildman–Crippen MR) is 67.7 cm³/mol. The van der Waals surface area contributed by atoms with Crippen LogP contribution in [0.5, 0.6) is 0 Å². The molecule has 16 heavy (non-hydrogen) atoms. The molecule has 0 saturated heterocycles. The molecule has 5 heteroatoms. The molecule has 0 amide bonds. The van der Waals surface area contributed by atoms with E-state index in [0.29, 0.717) is 5.56 Å². The van der Waals surface area contributed by atoms with Crippen LogP contribution in [0, 0.1) is 6.92 Å². The Morgan fingerprint density at radius 1 is 1.25 bits per heavy atom. The summed E-state index contributed by atoms with van der Waals surface area (Å²) in [4.78, 5) is 12.0. The number of sulfone groups is 1. The molecule has 88 valence electrons. The van der Waals surface area contributed by atoms with Gasteiger partial charge in [-0.1, -0.05) is 45.8 Å². The van der Waals surface area contributed by atoms with Crippen molar-refractivity contribution in [1.82, 2.24) is 0 Å². The summed E-state index contributed by atoms with van der Waals surface area (Å²) in [5.41, 5.74) is 1.41. The quantitative estimate of drug-likeness (QED) is 0.636. The minimum absolute atomic E-state index is 0.385. The number of hydrogen-bond acceptors (Lipinski definition) is 3. The standard InChI is InChI=1S/C11H13BrO3S/c1-8-4-6-9(7-5-8)10(13)11(2,12)16(3,14)15/h4-7H,1-3H3. The molecule has 0 aliphatic rings. The van der Waals surface area contributed by atoms with Gasteiger partial charge in [0, 0.05) is 11.8 Å². The highest BCUT2D eigenvalue weighted by Crippen LogP contribution is 2.28. The van der Waals surface area contributed by atoms with Gasteiger partial charge in [-0.05, 0) is 13.8 Å². The van der Waals surface area contributed by atoms with Gasteiger partial charge in [-0.2, -0.15) is 0 Å². The largest absolute Gasteiger partial charge is 0.291 e. The van der Waals surface area contributed by atoms with Crippen molar-refractivity contribution < 1.29 is 13.2 Å². The lowest BCUT2D eigenvalue weighted by atomic mass is 10.1. The van der Waals surface area contributed by atoms with Crippen LogP contribution in [0.3, 0.4) is 0 Å². The molecule has 1 atom stereocenters. The Hall–Kier alpha value is -0.680. The molecular weight excluding hydrogens is 292 g/mol. The Morgan fingerprint density at radius 3 is 2.06 bits per heavy atom. The lowest BCUT2D eigenvalue weighted by Crippen LogP contribution is -2.36. The molecule has 1 rings (SSSR count). The Bertz CT molecular complexity index is 501. The molecular formula is C11H13BrO3S. The van der Waals surface area contributed by atoms with E-state index < -0.39 is 19.3 Å². The zero-order valence-corrected chi connectivity index (χ0v) is 11.7. The molecule has 0 radical (unpaired) electrons. The second-order valence-corrected chi connectivity index (χ2v) is 8.36. The van der Waals surface area contributed by atoms with Crippen LogP contribution < -0.4 is 0 Å². The highest BCUT2D eigenvalue weighted by molar-refractivity contribution is 9.12. The normalized spacial score (nSPS) is 15.5. The third-order valence-electron chi connectivity index (χ3n) is 2.42. The fourth-order valence-corrected chi connectivity index (χ4v) is 1.81. The highest BCUT2D eigenvalue weighted by Gasteiger charge is 2.41. The van der Waals surface area contributed by atoms with E-state index in [1.165, 1.54) is 6.92 Å². The maximum absolute atomic E-state index is 12.0. The molecule has 0 heterocycles. The number of Topliss-reactive ketones (excluding diaryl/α,β-unsaturated/α-hetero) is 1. The maximum atomic E-state index is 12.0. The molecule has 0 N–H and O–H groups in total. The zero-order chi connectivity index (χ0) is 12.6. The second-order valence-electron chi connectivity index (χ2n) is 3.88. The maximum Gasteiger partial charge on any atom is 0.194 e. The van der Waals surface area contributed by atoms with Crippen molar-refractivity contribution in [3.63, 3.8) is 0 Å². The van der Waals surface area contributed by atoms with Crippen LogP contribution in [0.4, 0.5) is 0 Å². The molecule has 1 aromatic carbocycles. The summed E-state index contributed by atoms with van der Waals surface area (Å²) in [6, 6.07) is 6.81. The summed E-state index contributed by atoms with van der Waals surface area (Å²) in [5.74, 6) is -0.449. The van der Waals surface area contributed by atoms with Crippen LogP contribution >= 0.6 is 15.9 Å².